The minimum absolute atomic E-state index is 0.0218. The Labute approximate surface area is 227 Å². The molecular formula is C32H32FNO5. The molecular weight excluding hydrogens is 497 g/mol. The maximum atomic E-state index is 14.1. The molecule has 1 aliphatic heterocycles. The highest BCUT2D eigenvalue weighted by Crippen LogP contribution is 2.41. The summed E-state index contributed by atoms with van der Waals surface area (Å²) in [5.41, 5.74) is 2.63. The van der Waals surface area contributed by atoms with Gasteiger partial charge in [-0.2, -0.15) is 0 Å². The van der Waals surface area contributed by atoms with E-state index in [1.165, 1.54) is 12.1 Å². The van der Waals surface area contributed by atoms with Crippen molar-refractivity contribution in [2.75, 3.05) is 13.7 Å². The van der Waals surface area contributed by atoms with Gasteiger partial charge in [0, 0.05) is 6.54 Å². The van der Waals surface area contributed by atoms with E-state index in [0.29, 0.717) is 23.7 Å². The van der Waals surface area contributed by atoms with Crippen LogP contribution in [0.2, 0.25) is 0 Å². The lowest BCUT2D eigenvalue weighted by atomic mass is 9.97. The number of amides is 1. The lowest BCUT2D eigenvalue weighted by molar-refractivity contribution is 0.0714. The number of hydrogen-bond acceptors (Lipinski definition) is 5. The zero-order chi connectivity index (χ0) is 27.5. The van der Waals surface area contributed by atoms with Gasteiger partial charge in [-0.25, -0.2) is 4.39 Å². The molecule has 39 heavy (non-hydrogen) atoms. The first kappa shape index (κ1) is 26.5. The Kier molecular flexibility index (Phi) is 7.68. The number of ether oxygens (including phenoxy) is 2. The topological polar surface area (TPSA) is 69.0 Å². The highest BCUT2D eigenvalue weighted by molar-refractivity contribution is 5.99. The first-order valence-corrected chi connectivity index (χ1v) is 13.3. The molecule has 1 unspecified atom stereocenters. The summed E-state index contributed by atoms with van der Waals surface area (Å²) in [7, 11) is 1.56. The average Bonchev–Trinajstić information content (AvgIpc) is 3.21. The smallest absolute Gasteiger partial charge is 0.291 e. The SMILES string of the molecule is CCCCCCOc1ccc(C2c3c(oc4ccc(F)cc4c3=O)C(=O)N2Cc2ccc(C)cc2)cc1OC. The molecule has 7 heteroatoms. The number of halogens is 1. The molecule has 0 N–H and O–H groups in total. The van der Waals surface area contributed by atoms with Gasteiger partial charge in [0.05, 0.1) is 30.7 Å². The van der Waals surface area contributed by atoms with Crippen LogP contribution in [-0.4, -0.2) is 24.5 Å². The van der Waals surface area contributed by atoms with Gasteiger partial charge in [-0.15, -0.1) is 0 Å². The predicted octanol–water partition coefficient (Wildman–Crippen LogP) is 6.95. The van der Waals surface area contributed by atoms with Crippen LogP contribution in [-0.2, 0) is 6.54 Å². The largest absolute Gasteiger partial charge is 0.493 e. The van der Waals surface area contributed by atoms with Crippen LogP contribution < -0.4 is 14.9 Å². The summed E-state index contributed by atoms with van der Waals surface area (Å²) in [6, 6.07) is 16.3. The van der Waals surface area contributed by atoms with Crippen LogP contribution in [0, 0.1) is 12.7 Å². The van der Waals surface area contributed by atoms with Crippen LogP contribution in [0.3, 0.4) is 0 Å². The highest BCUT2D eigenvalue weighted by Gasteiger charge is 2.43. The van der Waals surface area contributed by atoms with Gasteiger partial charge < -0.3 is 18.8 Å². The van der Waals surface area contributed by atoms with Gasteiger partial charge >= 0.3 is 0 Å². The minimum atomic E-state index is -0.745. The molecule has 3 aromatic carbocycles. The maximum Gasteiger partial charge on any atom is 0.291 e. The van der Waals surface area contributed by atoms with Crippen molar-refractivity contribution in [3.8, 4) is 11.5 Å². The van der Waals surface area contributed by atoms with Crippen molar-refractivity contribution in [1.82, 2.24) is 4.90 Å². The fourth-order valence-electron chi connectivity index (χ4n) is 5.08. The molecule has 4 aromatic rings. The number of methoxy groups -OCH3 is 1. The Morgan fingerprint density at radius 3 is 2.49 bits per heavy atom. The van der Waals surface area contributed by atoms with E-state index in [2.05, 4.69) is 6.92 Å². The van der Waals surface area contributed by atoms with E-state index in [9.17, 15) is 14.0 Å². The molecule has 0 fully saturated rings. The van der Waals surface area contributed by atoms with E-state index in [1.807, 2.05) is 43.3 Å². The van der Waals surface area contributed by atoms with Gasteiger partial charge in [-0.3, -0.25) is 9.59 Å². The maximum absolute atomic E-state index is 14.1. The van der Waals surface area contributed by atoms with Crippen molar-refractivity contribution in [3.63, 3.8) is 0 Å². The zero-order valence-electron chi connectivity index (χ0n) is 22.5. The molecule has 1 atom stereocenters. The lowest BCUT2D eigenvalue weighted by Gasteiger charge is -2.26. The fraction of sp³-hybridized carbons (Fsp3) is 0.312. The molecule has 5 rings (SSSR count). The second-order valence-corrected chi connectivity index (χ2v) is 9.96. The number of rotatable bonds is 10. The number of hydrogen-bond donors (Lipinski definition) is 0. The molecule has 1 aliphatic rings. The second-order valence-electron chi connectivity index (χ2n) is 9.96. The van der Waals surface area contributed by atoms with Crippen LogP contribution in [0.1, 0.15) is 71.5 Å². The molecule has 1 aromatic heterocycles. The van der Waals surface area contributed by atoms with Gasteiger partial charge in [0.2, 0.25) is 5.76 Å². The zero-order valence-corrected chi connectivity index (χ0v) is 22.5. The van der Waals surface area contributed by atoms with E-state index in [4.69, 9.17) is 13.9 Å². The van der Waals surface area contributed by atoms with E-state index in [-0.39, 0.29) is 28.8 Å². The van der Waals surface area contributed by atoms with Crippen LogP contribution in [0.4, 0.5) is 4.39 Å². The van der Waals surface area contributed by atoms with Crippen LogP contribution in [0.25, 0.3) is 11.0 Å². The van der Waals surface area contributed by atoms with Crippen LogP contribution in [0.15, 0.2) is 69.9 Å². The van der Waals surface area contributed by atoms with Crippen molar-refractivity contribution in [2.45, 2.75) is 52.1 Å². The van der Waals surface area contributed by atoms with Gasteiger partial charge in [-0.1, -0.05) is 62.1 Å². The third kappa shape index (κ3) is 5.26. The summed E-state index contributed by atoms with van der Waals surface area (Å²) in [6.07, 6.45) is 4.34. The molecule has 0 aliphatic carbocycles. The Hall–Kier alpha value is -4.13. The highest BCUT2D eigenvalue weighted by atomic mass is 19.1. The van der Waals surface area contributed by atoms with Crippen molar-refractivity contribution < 1.29 is 23.1 Å². The molecule has 6 nitrogen and oxygen atoms in total. The molecule has 0 radical (unpaired) electrons. The Balaban J connectivity index is 1.58. The van der Waals surface area contributed by atoms with Crippen molar-refractivity contribution in [2.24, 2.45) is 0 Å². The molecule has 2 heterocycles. The molecule has 0 bridgehead atoms. The quantitative estimate of drug-likeness (QED) is 0.208. The Bertz CT molecular complexity index is 1560. The standard InChI is InChI=1S/C32H32FNO5/c1-4-5-6-7-16-38-26-14-12-22(17-27(26)37-3)29-28-30(35)24-18-23(33)13-15-25(24)39-31(28)32(36)34(29)19-21-10-8-20(2)9-11-21/h8-15,17-18,29H,4-7,16,19H2,1-3H3. The summed E-state index contributed by atoms with van der Waals surface area (Å²) in [5.74, 6) is 0.144. The number of carbonyl (C=O) groups excluding carboxylic acids is 1. The normalized spacial score (nSPS) is 14.6. The third-order valence-electron chi connectivity index (χ3n) is 7.16. The Morgan fingerprint density at radius 1 is 0.949 bits per heavy atom. The predicted molar refractivity (Wildman–Crippen MR) is 148 cm³/mol. The average molecular weight is 530 g/mol. The molecule has 202 valence electrons. The van der Waals surface area contributed by atoms with E-state index < -0.39 is 23.2 Å². The fourth-order valence-corrected chi connectivity index (χ4v) is 5.08. The summed E-state index contributed by atoms with van der Waals surface area (Å²) in [6.45, 7) is 4.99. The van der Waals surface area contributed by atoms with E-state index >= 15 is 0 Å². The number of carbonyl (C=O) groups is 1. The molecule has 0 spiro atoms. The van der Waals surface area contributed by atoms with Gasteiger partial charge in [0.15, 0.2) is 16.9 Å². The minimum Gasteiger partial charge on any atom is -0.493 e. The van der Waals surface area contributed by atoms with Crippen molar-refractivity contribution >= 4 is 16.9 Å². The van der Waals surface area contributed by atoms with Gasteiger partial charge in [-0.05, 0) is 54.8 Å². The number of fused-ring (bicyclic) bond motifs is 2. The summed E-state index contributed by atoms with van der Waals surface area (Å²) in [5, 5.41) is 0.0998. The van der Waals surface area contributed by atoms with Gasteiger partial charge in [0.1, 0.15) is 11.4 Å². The number of aryl methyl sites for hydroxylation is 1. The molecule has 0 saturated carbocycles. The lowest BCUT2D eigenvalue weighted by Crippen LogP contribution is -2.29. The molecule has 0 saturated heterocycles. The first-order valence-electron chi connectivity index (χ1n) is 13.3. The summed E-state index contributed by atoms with van der Waals surface area (Å²) in [4.78, 5) is 29.1. The number of nitrogens with zero attached hydrogens (tertiary/aromatic N) is 1. The number of unbranched alkanes of at least 4 members (excludes halogenated alkanes) is 3. The van der Waals surface area contributed by atoms with Crippen LogP contribution in [0.5, 0.6) is 11.5 Å². The van der Waals surface area contributed by atoms with E-state index in [1.54, 1.807) is 18.1 Å². The summed E-state index contributed by atoms with van der Waals surface area (Å²) >= 11 is 0. The first-order chi connectivity index (χ1) is 18.9. The van der Waals surface area contributed by atoms with Crippen molar-refractivity contribution in [3.05, 3.63) is 105 Å². The molecule has 1 amide bonds. The van der Waals surface area contributed by atoms with Crippen molar-refractivity contribution in [1.29, 1.82) is 0 Å². The number of benzene rings is 3. The third-order valence-corrected chi connectivity index (χ3v) is 7.16. The van der Waals surface area contributed by atoms with E-state index in [0.717, 1.165) is 42.9 Å². The van der Waals surface area contributed by atoms with Gasteiger partial charge in [0.25, 0.3) is 5.91 Å². The van der Waals surface area contributed by atoms with Crippen LogP contribution >= 0.6 is 0 Å². The monoisotopic (exact) mass is 529 g/mol. The summed E-state index contributed by atoms with van der Waals surface area (Å²) < 4.78 is 31.7. The second kappa shape index (κ2) is 11.3. The Morgan fingerprint density at radius 2 is 1.74 bits per heavy atom.